The van der Waals surface area contributed by atoms with Gasteiger partial charge in [0.1, 0.15) is 13.2 Å². The number of amides is 1. The number of nitrogens with zero attached hydrogens (tertiary/aromatic N) is 3. The number of anilines is 2. The van der Waals surface area contributed by atoms with Crippen molar-refractivity contribution in [3.8, 4) is 11.5 Å². The van der Waals surface area contributed by atoms with Crippen LogP contribution in [0.4, 0.5) is 10.8 Å². The van der Waals surface area contributed by atoms with Crippen molar-refractivity contribution in [3.05, 3.63) is 29.8 Å². The Hall–Kier alpha value is -2.32. The van der Waals surface area contributed by atoms with Crippen LogP contribution in [0, 0.1) is 0 Å². The van der Waals surface area contributed by atoms with E-state index in [2.05, 4.69) is 20.1 Å². The molecule has 0 aliphatic carbocycles. The summed E-state index contributed by atoms with van der Waals surface area (Å²) in [5.41, 5.74) is 0.729. The maximum atomic E-state index is 12.6. The van der Waals surface area contributed by atoms with Crippen molar-refractivity contribution in [2.75, 3.05) is 49.6 Å². The van der Waals surface area contributed by atoms with Crippen molar-refractivity contribution >= 4 is 28.1 Å². The van der Waals surface area contributed by atoms with Crippen molar-refractivity contribution in [1.82, 2.24) is 9.88 Å². The van der Waals surface area contributed by atoms with Crippen LogP contribution in [0.25, 0.3) is 0 Å². The van der Waals surface area contributed by atoms with Crippen LogP contribution in [0.1, 0.15) is 6.92 Å². The highest BCUT2D eigenvalue weighted by molar-refractivity contribution is 7.13. The second-order valence-corrected chi connectivity index (χ2v) is 7.23. The molecule has 0 spiro atoms. The molecule has 4 rings (SSSR count). The highest BCUT2D eigenvalue weighted by Gasteiger charge is 2.26. The van der Waals surface area contributed by atoms with E-state index in [1.54, 1.807) is 11.3 Å². The minimum Gasteiger partial charge on any atom is -0.486 e. The maximum absolute atomic E-state index is 12.6. The number of hydrogen-bond acceptors (Lipinski definition) is 7. The number of piperazine rings is 1. The number of rotatable bonds is 4. The Balaban J connectivity index is 1.33. The average Bonchev–Trinajstić information content (AvgIpc) is 3.22. The summed E-state index contributed by atoms with van der Waals surface area (Å²) in [6.07, 6.45) is 1.83. The predicted molar refractivity (Wildman–Crippen MR) is 101 cm³/mol. The summed E-state index contributed by atoms with van der Waals surface area (Å²) >= 11 is 1.65. The molecule has 1 fully saturated rings. The maximum Gasteiger partial charge on any atom is 0.241 e. The monoisotopic (exact) mass is 374 g/mol. The van der Waals surface area contributed by atoms with Gasteiger partial charge in [0.25, 0.3) is 0 Å². The van der Waals surface area contributed by atoms with Gasteiger partial charge < -0.3 is 19.7 Å². The largest absolute Gasteiger partial charge is 0.486 e. The van der Waals surface area contributed by atoms with Gasteiger partial charge >= 0.3 is 0 Å². The first-order valence-corrected chi connectivity index (χ1v) is 9.68. The van der Waals surface area contributed by atoms with Gasteiger partial charge in [0.15, 0.2) is 16.6 Å². The van der Waals surface area contributed by atoms with Gasteiger partial charge in [-0.25, -0.2) is 4.98 Å². The van der Waals surface area contributed by atoms with E-state index < -0.39 is 0 Å². The third-order valence-electron chi connectivity index (χ3n) is 4.74. The van der Waals surface area contributed by atoms with Crippen LogP contribution in [-0.2, 0) is 4.79 Å². The molecule has 7 nitrogen and oxygen atoms in total. The van der Waals surface area contributed by atoms with Crippen molar-refractivity contribution in [2.45, 2.75) is 13.0 Å². The van der Waals surface area contributed by atoms with E-state index in [0.29, 0.717) is 19.0 Å². The van der Waals surface area contributed by atoms with Crippen molar-refractivity contribution in [3.63, 3.8) is 0 Å². The van der Waals surface area contributed by atoms with E-state index in [1.165, 1.54) is 0 Å². The zero-order valence-electron chi connectivity index (χ0n) is 14.7. The molecule has 3 heterocycles. The van der Waals surface area contributed by atoms with Gasteiger partial charge in [-0.1, -0.05) is 0 Å². The molecule has 1 N–H and O–H groups in total. The minimum atomic E-state index is -0.193. The molecule has 1 unspecified atom stereocenters. The third-order valence-corrected chi connectivity index (χ3v) is 5.57. The molecule has 2 aromatic rings. The fraction of sp³-hybridized carbons (Fsp3) is 0.444. The summed E-state index contributed by atoms with van der Waals surface area (Å²) in [5, 5.41) is 6.03. The number of benzene rings is 1. The summed E-state index contributed by atoms with van der Waals surface area (Å²) in [6, 6.07) is 5.31. The summed E-state index contributed by atoms with van der Waals surface area (Å²) in [4.78, 5) is 21.5. The molecule has 2 aliphatic heterocycles. The molecule has 1 aromatic carbocycles. The molecule has 1 atom stereocenters. The lowest BCUT2D eigenvalue weighted by Crippen LogP contribution is -2.52. The Kier molecular flexibility index (Phi) is 4.94. The second-order valence-electron chi connectivity index (χ2n) is 6.36. The topological polar surface area (TPSA) is 66.9 Å². The lowest BCUT2D eigenvalue weighted by Gasteiger charge is -2.37. The lowest BCUT2D eigenvalue weighted by molar-refractivity contribution is -0.120. The molecule has 2 aliphatic rings. The number of thiazole rings is 1. The first-order valence-electron chi connectivity index (χ1n) is 8.80. The van der Waals surface area contributed by atoms with Crippen LogP contribution >= 0.6 is 11.3 Å². The number of hydrogen-bond donors (Lipinski definition) is 1. The molecular weight excluding hydrogens is 352 g/mol. The molecule has 0 bridgehead atoms. The molecule has 8 heteroatoms. The molecular formula is C18H22N4O3S. The summed E-state index contributed by atoms with van der Waals surface area (Å²) in [7, 11) is 0. The number of aromatic nitrogens is 1. The van der Waals surface area contributed by atoms with E-state index >= 15 is 0 Å². The first kappa shape index (κ1) is 17.1. The normalized spacial score (nSPS) is 18.4. The number of fused-ring (bicyclic) bond motifs is 1. The molecule has 1 aromatic heterocycles. The Morgan fingerprint density at radius 2 is 1.96 bits per heavy atom. The Labute approximate surface area is 156 Å². The van der Waals surface area contributed by atoms with Gasteiger partial charge in [-0.3, -0.25) is 9.69 Å². The van der Waals surface area contributed by atoms with Gasteiger partial charge in [-0.2, -0.15) is 0 Å². The standard InChI is InChI=1S/C18H22N4O3S/c1-13(21-5-7-22(8-6-21)18-19-4-11-26-18)17(23)20-14-2-3-15-16(12-14)25-10-9-24-15/h2-4,11-13H,5-10H2,1H3,(H,20,23). The highest BCUT2D eigenvalue weighted by Crippen LogP contribution is 2.32. The van der Waals surface area contributed by atoms with Crippen molar-refractivity contribution < 1.29 is 14.3 Å². The zero-order chi connectivity index (χ0) is 17.9. The van der Waals surface area contributed by atoms with Gasteiger partial charge in [0, 0.05) is 49.5 Å². The molecule has 0 saturated carbocycles. The van der Waals surface area contributed by atoms with Crippen LogP contribution in [0.5, 0.6) is 11.5 Å². The van der Waals surface area contributed by atoms with Crippen molar-refractivity contribution in [2.24, 2.45) is 0 Å². The summed E-state index contributed by atoms with van der Waals surface area (Å²) < 4.78 is 11.1. The average molecular weight is 374 g/mol. The van der Waals surface area contributed by atoms with Gasteiger partial charge in [0.05, 0.1) is 6.04 Å². The molecule has 1 saturated heterocycles. The Morgan fingerprint density at radius 3 is 2.69 bits per heavy atom. The third kappa shape index (κ3) is 3.61. The van der Waals surface area contributed by atoms with Gasteiger partial charge in [-0.05, 0) is 19.1 Å². The Bertz CT molecular complexity index is 760. The van der Waals surface area contributed by atoms with Crippen LogP contribution in [0.15, 0.2) is 29.8 Å². The van der Waals surface area contributed by atoms with E-state index in [0.717, 1.165) is 42.7 Å². The second kappa shape index (κ2) is 7.51. The number of carbonyl (C=O) groups is 1. The van der Waals surface area contributed by atoms with Crippen LogP contribution in [-0.4, -0.2) is 61.2 Å². The van der Waals surface area contributed by atoms with Crippen LogP contribution in [0.3, 0.4) is 0 Å². The first-order chi connectivity index (χ1) is 12.7. The van der Waals surface area contributed by atoms with E-state index in [9.17, 15) is 4.79 Å². The fourth-order valence-corrected chi connectivity index (χ4v) is 3.90. The number of ether oxygens (including phenoxy) is 2. The quantitative estimate of drug-likeness (QED) is 0.884. The molecule has 1 amide bonds. The van der Waals surface area contributed by atoms with E-state index in [-0.39, 0.29) is 11.9 Å². The highest BCUT2D eigenvalue weighted by atomic mass is 32.1. The van der Waals surface area contributed by atoms with Crippen LogP contribution in [0.2, 0.25) is 0 Å². The zero-order valence-corrected chi connectivity index (χ0v) is 15.5. The summed E-state index contributed by atoms with van der Waals surface area (Å²) in [6.45, 7) is 6.49. The van der Waals surface area contributed by atoms with E-state index in [1.807, 2.05) is 36.7 Å². The lowest BCUT2D eigenvalue weighted by atomic mass is 10.2. The molecule has 26 heavy (non-hydrogen) atoms. The molecule has 138 valence electrons. The smallest absolute Gasteiger partial charge is 0.241 e. The minimum absolute atomic E-state index is 0.00984. The van der Waals surface area contributed by atoms with Gasteiger partial charge in [-0.15, -0.1) is 11.3 Å². The van der Waals surface area contributed by atoms with Crippen LogP contribution < -0.4 is 19.7 Å². The molecule has 0 radical (unpaired) electrons. The summed E-state index contributed by atoms with van der Waals surface area (Å²) in [5.74, 6) is 1.39. The van der Waals surface area contributed by atoms with Crippen molar-refractivity contribution in [1.29, 1.82) is 0 Å². The van der Waals surface area contributed by atoms with E-state index in [4.69, 9.17) is 9.47 Å². The predicted octanol–water partition coefficient (Wildman–Crippen LogP) is 2.06. The van der Waals surface area contributed by atoms with Gasteiger partial charge in [0.2, 0.25) is 5.91 Å². The Morgan fingerprint density at radius 1 is 1.19 bits per heavy atom. The SMILES string of the molecule is CC(C(=O)Nc1ccc2c(c1)OCCO2)N1CCN(c2nccs2)CC1. The number of carbonyl (C=O) groups excluding carboxylic acids is 1. The number of nitrogens with one attached hydrogen (secondary N) is 1. The fourth-order valence-electron chi connectivity index (χ4n) is 3.21.